The highest BCUT2D eigenvalue weighted by Crippen LogP contribution is 2.19. The second-order valence-corrected chi connectivity index (χ2v) is 5.73. The van der Waals surface area contributed by atoms with Crippen LogP contribution < -0.4 is 16.4 Å². The summed E-state index contributed by atoms with van der Waals surface area (Å²) in [6.45, 7) is 6.42. The molecule has 1 aliphatic rings. The molecule has 1 aliphatic heterocycles. The van der Waals surface area contributed by atoms with Crippen LogP contribution in [-0.2, 0) is 4.79 Å². The Morgan fingerprint density at radius 3 is 2.71 bits per heavy atom. The maximum Gasteiger partial charge on any atom is 0.319 e. The van der Waals surface area contributed by atoms with Crippen molar-refractivity contribution in [1.82, 2.24) is 10.2 Å². The number of nitrogen functional groups attached to an aromatic ring is 1. The number of amides is 3. The summed E-state index contributed by atoms with van der Waals surface area (Å²) < 4.78 is 0. The molecule has 0 aliphatic carbocycles. The molecule has 1 saturated heterocycles. The Hall–Kier alpha value is -2.24. The molecular weight excluding hydrogens is 268 g/mol. The van der Waals surface area contributed by atoms with Crippen molar-refractivity contribution in [3.8, 4) is 0 Å². The highest BCUT2D eigenvalue weighted by Gasteiger charge is 2.31. The van der Waals surface area contributed by atoms with Crippen LogP contribution in [0.2, 0.25) is 0 Å². The summed E-state index contributed by atoms with van der Waals surface area (Å²) in [7, 11) is 0. The van der Waals surface area contributed by atoms with Crippen LogP contribution in [0.25, 0.3) is 0 Å². The number of nitrogens with two attached hydrogens (primary N) is 1. The number of carbonyl (C=O) groups is 2. The molecule has 21 heavy (non-hydrogen) atoms. The van der Waals surface area contributed by atoms with Crippen LogP contribution in [0.15, 0.2) is 18.2 Å². The van der Waals surface area contributed by atoms with Gasteiger partial charge in [0, 0.05) is 19.0 Å². The number of urea groups is 1. The molecule has 1 fully saturated rings. The summed E-state index contributed by atoms with van der Waals surface area (Å²) in [6.07, 6.45) is 0.342. The van der Waals surface area contributed by atoms with E-state index < -0.39 is 0 Å². The summed E-state index contributed by atoms with van der Waals surface area (Å²) in [5.74, 6) is 0.0742. The molecule has 1 heterocycles. The molecule has 0 saturated carbocycles. The third-order valence-electron chi connectivity index (χ3n) is 3.57. The number of rotatable bonds is 3. The van der Waals surface area contributed by atoms with E-state index in [0.29, 0.717) is 24.3 Å². The molecule has 1 atom stereocenters. The molecule has 0 aromatic heterocycles. The predicted octanol–water partition coefficient (Wildman–Crippen LogP) is 1.71. The number of aryl methyl sites for hydroxylation is 1. The molecule has 1 unspecified atom stereocenters. The van der Waals surface area contributed by atoms with Gasteiger partial charge in [0.25, 0.3) is 0 Å². The number of hydrogen-bond acceptors (Lipinski definition) is 3. The Kier molecular flexibility index (Phi) is 4.35. The van der Waals surface area contributed by atoms with E-state index >= 15 is 0 Å². The number of benzene rings is 1. The molecule has 0 bridgehead atoms. The van der Waals surface area contributed by atoms with Crippen LogP contribution in [0.3, 0.4) is 0 Å². The van der Waals surface area contributed by atoms with Crippen LogP contribution in [0, 0.1) is 6.92 Å². The van der Waals surface area contributed by atoms with E-state index in [1.165, 1.54) is 0 Å². The zero-order valence-electron chi connectivity index (χ0n) is 12.6. The van der Waals surface area contributed by atoms with Gasteiger partial charge in [-0.15, -0.1) is 0 Å². The zero-order valence-corrected chi connectivity index (χ0v) is 12.6. The number of likely N-dealkylation sites (tertiary alicyclic amines) is 1. The minimum atomic E-state index is -0.339. The average molecular weight is 290 g/mol. The van der Waals surface area contributed by atoms with Crippen molar-refractivity contribution in [3.63, 3.8) is 0 Å². The number of nitrogens with one attached hydrogen (secondary N) is 2. The summed E-state index contributed by atoms with van der Waals surface area (Å²) in [6, 6.07) is 5.10. The molecule has 114 valence electrons. The Morgan fingerprint density at radius 1 is 1.43 bits per heavy atom. The van der Waals surface area contributed by atoms with Gasteiger partial charge in [-0.2, -0.15) is 0 Å². The van der Waals surface area contributed by atoms with E-state index in [1.54, 1.807) is 17.0 Å². The minimum Gasteiger partial charge on any atom is -0.397 e. The third kappa shape index (κ3) is 3.65. The molecule has 6 nitrogen and oxygen atoms in total. The summed E-state index contributed by atoms with van der Waals surface area (Å²) in [4.78, 5) is 25.5. The molecule has 0 radical (unpaired) electrons. The SMILES string of the molecule is Cc1ccc(NC(=O)NC2CC(=O)N(C(C)C)C2)c(N)c1. The van der Waals surface area contributed by atoms with Gasteiger partial charge in [-0.1, -0.05) is 6.07 Å². The van der Waals surface area contributed by atoms with Gasteiger partial charge in [0.05, 0.1) is 17.4 Å². The third-order valence-corrected chi connectivity index (χ3v) is 3.57. The normalized spacial score (nSPS) is 18.2. The number of carbonyl (C=O) groups excluding carboxylic acids is 2. The summed E-state index contributed by atoms with van der Waals surface area (Å²) in [5, 5.41) is 5.53. The first-order valence-corrected chi connectivity index (χ1v) is 7.10. The summed E-state index contributed by atoms with van der Waals surface area (Å²) in [5.41, 5.74) is 7.99. The van der Waals surface area contributed by atoms with Gasteiger partial charge in [-0.05, 0) is 38.5 Å². The van der Waals surface area contributed by atoms with Crippen LogP contribution in [0.5, 0.6) is 0 Å². The van der Waals surface area contributed by atoms with Crippen molar-refractivity contribution in [2.75, 3.05) is 17.6 Å². The van der Waals surface area contributed by atoms with E-state index in [4.69, 9.17) is 5.73 Å². The summed E-state index contributed by atoms with van der Waals surface area (Å²) >= 11 is 0. The van der Waals surface area contributed by atoms with Crippen molar-refractivity contribution in [3.05, 3.63) is 23.8 Å². The molecule has 1 aromatic rings. The van der Waals surface area contributed by atoms with Gasteiger partial charge in [-0.3, -0.25) is 4.79 Å². The molecule has 0 spiro atoms. The van der Waals surface area contributed by atoms with Crippen molar-refractivity contribution >= 4 is 23.3 Å². The van der Waals surface area contributed by atoms with Crippen LogP contribution >= 0.6 is 0 Å². The van der Waals surface area contributed by atoms with Gasteiger partial charge in [0.1, 0.15) is 0 Å². The maximum absolute atomic E-state index is 12.0. The van der Waals surface area contributed by atoms with Crippen molar-refractivity contribution in [1.29, 1.82) is 0 Å². The standard InChI is InChI=1S/C15H22N4O2/c1-9(2)19-8-11(7-14(19)20)17-15(21)18-13-5-4-10(3)6-12(13)16/h4-6,9,11H,7-8,16H2,1-3H3,(H2,17,18,21). The minimum absolute atomic E-state index is 0.0742. The molecular formula is C15H22N4O2. The Bertz CT molecular complexity index is 557. The van der Waals surface area contributed by atoms with Gasteiger partial charge < -0.3 is 21.3 Å². The van der Waals surface area contributed by atoms with E-state index in [-0.39, 0.29) is 24.0 Å². The number of hydrogen-bond donors (Lipinski definition) is 3. The fourth-order valence-corrected chi connectivity index (χ4v) is 2.47. The van der Waals surface area contributed by atoms with Crippen LogP contribution in [0.4, 0.5) is 16.2 Å². The molecule has 1 aromatic carbocycles. The lowest BCUT2D eigenvalue weighted by Gasteiger charge is -2.21. The fourth-order valence-electron chi connectivity index (χ4n) is 2.47. The van der Waals surface area contributed by atoms with Gasteiger partial charge in [0.2, 0.25) is 5.91 Å². The van der Waals surface area contributed by atoms with E-state index in [1.807, 2.05) is 26.8 Å². The fraction of sp³-hybridized carbons (Fsp3) is 0.467. The molecule has 3 amide bonds. The van der Waals surface area contributed by atoms with Crippen molar-refractivity contribution in [2.45, 2.75) is 39.3 Å². The van der Waals surface area contributed by atoms with Gasteiger partial charge in [0.15, 0.2) is 0 Å². The lowest BCUT2D eigenvalue weighted by molar-refractivity contribution is -0.129. The predicted molar refractivity (Wildman–Crippen MR) is 83.0 cm³/mol. The Morgan fingerprint density at radius 2 is 2.14 bits per heavy atom. The van der Waals surface area contributed by atoms with Gasteiger partial charge >= 0.3 is 6.03 Å². The largest absolute Gasteiger partial charge is 0.397 e. The van der Waals surface area contributed by atoms with E-state index in [0.717, 1.165) is 5.56 Å². The highest BCUT2D eigenvalue weighted by atomic mass is 16.2. The first kappa shape index (κ1) is 15.2. The lowest BCUT2D eigenvalue weighted by Crippen LogP contribution is -2.40. The Labute approximate surface area is 124 Å². The maximum atomic E-state index is 12.0. The van der Waals surface area contributed by atoms with E-state index in [2.05, 4.69) is 10.6 Å². The first-order valence-electron chi connectivity index (χ1n) is 7.10. The second kappa shape index (κ2) is 6.03. The topological polar surface area (TPSA) is 87.5 Å². The second-order valence-electron chi connectivity index (χ2n) is 5.73. The number of nitrogens with zero attached hydrogens (tertiary/aromatic N) is 1. The first-order chi connectivity index (χ1) is 9.86. The highest BCUT2D eigenvalue weighted by molar-refractivity contribution is 5.93. The average Bonchev–Trinajstić information content (AvgIpc) is 2.74. The molecule has 6 heteroatoms. The van der Waals surface area contributed by atoms with Crippen LogP contribution in [-0.4, -0.2) is 35.5 Å². The Balaban J connectivity index is 1.92. The molecule has 2 rings (SSSR count). The lowest BCUT2D eigenvalue weighted by atomic mass is 10.2. The zero-order chi connectivity index (χ0) is 15.6. The van der Waals surface area contributed by atoms with Gasteiger partial charge in [-0.25, -0.2) is 4.79 Å². The van der Waals surface area contributed by atoms with Crippen LogP contribution in [0.1, 0.15) is 25.8 Å². The van der Waals surface area contributed by atoms with E-state index in [9.17, 15) is 9.59 Å². The monoisotopic (exact) mass is 290 g/mol. The van der Waals surface area contributed by atoms with Crippen molar-refractivity contribution < 1.29 is 9.59 Å². The molecule has 4 N–H and O–H groups in total. The quantitative estimate of drug-likeness (QED) is 0.740. The van der Waals surface area contributed by atoms with Crippen molar-refractivity contribution in [2.24, 2.45) is 0 Å². The number of anilines is 2. The smallest absolute Gasteiger partial charge is 0.319 e.